The summed E-state index contributed by atoms with van der Waals surface area (Å²) in [4.78, 5) is 16.3. The number of fused-ring (bicyclic) bond motifs is 1. The summed E-state index contributed by atoms with van der Waals surface area (Å²) in [5.41, 5.74) is -0.823. The average molecular weight is 464 g/mol. The summed E-state index contributed by atoms with van der Waals surface area (Å²) in [6.07, 6.45) is 3.51. The number of hydrogen-bond donors (Lipinski definition) is 0. The number of imidazole rings is 1. The van der Waals surface area contributed by atoms with E-state index < -0.39 is 17.4 Å². The van der Waals surface area contributed by atoms with Gasteiger partial charge in [-0.3, -0.25) is 8.97 Å². The lowest BCUT2D eigenvalue weighted by Gasteiger charge is -2.48. The predicted molar refractivity (Wildman–Crippen MR) is 117 cm³/mol. The van der Waals surface area contributed by atoms with E-state index in [4.69, 9.17) is 6.57 Å². The van der Waals surface area contributed by atoms with Gasteiger partial charge in [-0.2, -0.15) is 13.2 Å². The minimum Gasteiger partial charge on any atom is -0.320 e. The van der Waals surface area contributed by atoms with Gasteiger partial charge in [0.15, 0.2) is 0 Å². The van der Waals surface area contributed by atoms with Crippen molar-refractivity contribution in [3.05, 3.63) is 87.9 Å². The van der Waals surface area contributed by atoms with Crippen LogP contribution in [0.4, 0.5) is 18.9 Å². The fraction of sp³-hybridized carbons (Fsp3) is 0.333. The molecule has 0 aliphatic heterocycles. The van der Waals surface area contributed by atoms with Crippen LogP contribution in [-0.4, -0.2) is 23.7 Å². The maximum Gasteiger partial charge on any atom is 0.417 e. The summed E-state index contributed by atoms with van der Waals surface area (Å²) in [5.74, 6) is 0.845. The summed E-state index contributed by atoms with van der Waals surface area (Å²) in [5, 5.41) is 8.44. The lowest BCUT2D eigenvalue weighted by molar-refractivity contribution is -0.136. The first-order chi connectivity index (χ1) is 16.2. The Hall–Kier alpha value is -3.87. The number of nitrogens with zero attached hydrogens (tertiary/aromatic N) is 6. The van der Waals surface area contributed by atoms with E-state index >= 15 is 0 Å². The second kappa shape index (κ2) is 6.59. The number of hydrogen-bond acceptors (Lipinski definition) is 3. The van der Waals surface area contributed by atoms with Crippen LogP contribution in [0.2, 0.25) is 0 Å². The molecule has 4 aromatic rings. The van der Waals surface area contributed by atoms with Crippen molar-refractivity contribution in [1.82, 2.24) is 23.7 Å². The Morgan fingerprint density at radius 2 is 1.91 bits per heavy atom. The summed E-state index contributed by atoms with van der Waals surface area (Å²) in [7, 11) is 1.90. The third-order valence-electron chi connectivity index (χ3n) is 7.31. The number of halogens is 3. The van der Waals surface area contributed by atoms with E-state index in [0.717, 1.165) is 40.9 Å². The molecule has 0 radical (unpaired) electrons. The highest BCUT2D eigenvalue weighted by Gasteiger charge is 2.63. The van der Waals surface area contributed by atoms with Crippen LogP contribution in [0.3, 0.4) is 0 Å². The largest absolute Gasteiger partial charge is 0.417 e. The molecular weight excluding hydrogens is 445 g/mol. The Morgan fingerprint density at radius 1 is 1.15 bits per heavy atom. The van der Waals surface area contributed by atoms with Crippen molar-refractivity contribution in [3.8, 4) is 5.69 Å². The Labute approximate surface area is 191 Å². The molecule has 1 spiro atoms. The molecule has 3 aromatic heterocycles. The minimum atomic E-state index is -4.70. The fourth-order valence-corrected chi connectivity index (χ4v) is 5.57. The number of pyridine rings is 1. The monoisotopic (exact) mass is 464 g/mol. The summed E-state index contributed by atoms with van der Waals surface area (Å²) in [6.45, 7) is 7.13. The highest BCUT2D eigenvalue weighted by Crippen LogP contribution is 2.70. The van der Waals surface area contributed by atoms with E-state index in [9.17, 15) is 18.0 Å². The normalized spacial score (nSPS) is 18.1. The maximum atomic E-state index is 13.7. The van der Waals surface area contributed by atoms with Gasteiger partial charge in [0.25, 0.3) is 0 Å². The third-order valence-corrected chi connectivity index (χ3v) is 7.31. The van der Waals surface area contributed by atoms with E-state index in [0.29, 0.717) is 11.1 Å². The molecule has 1 aromatic carbocycles. The molecule has 172 valence electrons. The topological polar surface area (TPSA) is 61.5 Å². The van der Waals surface area contributed by atoms with E-state index in [1.165, 1.54) is 23.6 Å². The van der Waals surface area contributed by atoms with Gasteiger partial charge in [0.2, 0.25) is 5.69 Å². The van der Waals surface area contributed by atoms with Gasteiger partial charge in [0.1, 0.15) is 12.2 Å². The second-order valence-electron chi connectivity index (χ2n) is 9.51. The van der Waals surface area contributed by atoms with Crippen molar-refractivity contribution in [3.63, 3.8) is 0 Å². The Bertz CT molecular complexity index is 1560. The average Bonchev–Trinajstić information content (AvgIpc) is 3.35. The molecule has 0 unspecified atom stereocenters. The Balaban J connectivity index is 1.52. The van der Waals surface area contributed by atoms with Gasteiger partial charge in [0.05, 0.1) is 28.8 Å². The molecule has 10 heteroatoms. The van der Waals surface area contributed by atoms with Crippen molar-refractivity contribution in [2.24, 2.45) is 12.5 Å². The smallest absolute Gasteiger partial charge is 0.320 e. The molecule has 0 N–H and O–H groups in total. The molecular formula is C24H19F3N6O. The van der Waals surface area contributed by atoms with Crippen LogP contribution in [0.15, 0.2) is 53.8 Å². The molecule has 2 fully saturated rings. The zero-order chi connectivity index (χ0) is 23.9. The molecule has 0 amide bonds. The molecule has 2 aliphatic carbocycles. The van der Waals surface area contributed by atoms with Gasteiger partial charge in [-0.15, -0.1) is 10.2 Å². The molecule has 2 aliphatic rings. The molecule has 0 saturated heterocycles. The summed E-state index contributed by atoms with van der Waals surface area (Å²) in [6, 6.07) is 8.11. The van der Waals surface area contributed by atoms with E-state index in [1.807, 2.05) is 29.8 Å². The Kier molecular flexibility index (Phi) is 4.02. The number of aryl methyl sites for hydroxylation is 1. The minimum absolute atomic E-state index is 0.251. The number of alkyl halides is 3. The van der Waals surface area contributed by atoms with Crippen LogP contribution in [0.5, 0.6) is 0 Å². The summed E-state index contributed by atoms with van der Waals surface area (Å²) < 4.78 is 45.1. The molecule has 0 atom stereocenters. The van der Waals surface area contributed by atoms with Crippen LogP contribution in [0.1, 0.15) is 42.6 Å². The van der Waals surface area contributed by atoms with Crippen LogP contribution in [0.25, 0.3) is 16.0 Å². The zero-order valence-corrected chi connectivity index (χ0v) is 18.2. The van der Waals surface area contributed by atoms with Gasteiger partial charge in [0, 0.05) is 19.4 Å². The highest BCUT2D eigenvalue weighted by molar-refractivity contribution is 5.63. The Morgan fingerprint density at radius 3 is 2.53 bits per heavy atom. The van der Waals surface area contributed by atoms with Crippen molar-refractivity contribution in [2.75, 3.05) is 0 Å². The number of benzene rings is 1. The first kappa shape index (κ1) is 20.7. The summed E-state index contributed by atoms with van der Waals surface area (Å²) >= 11 is 0. The van der Waals surface area contributed by atoms with Gasteiger partial charge in [-0.25, -0.2) is 9.64 Å². The third kappa shape index (κ3) is 2.86. The van der Waals surface area contributed by atoms with Crippen molar-refractivity contribution < 1.29 is 13.2 Å². The lowest BCUT2D eigenvalue weighted by atomic mass is 9.56. The molecule has 34 heavy (non-hydrogen) atoms. The fourth-order valence-electron chi connectivity index (χ4n) is 5.57. The van der Waals surface area contributed by atoms with Crippen molar-refractivity contribution >= 4 is 11.2 Å². The number of aromatic nitrogens is 5. The molecule has 3 heterocycles. The van der Waals surface area contributed by atoms with E-state index in [1.54, 1.807) is 12.4 Å². The maximum absolute atomic E-state index is 13.7. The zero-order valence-electron chi connectivity index (χ0n) is 18.2. The van der Waals surface area contributed by atoms with Crippen LogP contribution < -0.4 is 5.69 Å². The highest BCUT2D eigenvalue weighted by atomic mass is 19.4. The first-order valence-corrected chi connectivity index (χ1v) is 10.8. The van der Waals surface area contributed by atoms with Gasteiger partial charge in [-0.05, 0) is 54.9 Å². The molecule has 7 nitrogen and oxygen atoms in total. The van der Waals surface area contributed by atoms with Crippen LogP contribution in [-0.2, 0) is 18.6 Å². The van der Waals surface area contributed by atoms with Gasteiger partial charge < -0.3 is 4.57 Å². The lowest BCUT2D eigenvalue weighted by Crippen LogP contribution is -2.45. The van der Waals surface area contributed by atoms with Gasteiger partial charge in [-0.1, -0.05) is 12.1 Å². The molecule has 0 bridgehead atoms. The van der Waals surface area contributed by atoms with Crippen molar-refractivity contribution in [2.45, 2.75) is 37.3 Å². The van der Waals surface area contributed by atoms with Gasteiger partial charge >= 0.3 is 11.9 Å². The second-order valence-corrected chi connectivity index (χ2v) is 9.51. The van der Waals surface area contributed by atoms with Crippen LogP contribution >= 0.6 is 0 Å². The van der Waals surface area contributed by atoms with E-state index in [-0.39, 0.29) is 16.6 Å². The van der Waals surface area contributed by atoms with Crippen molar-refractivity contribution in [1.29, 1.82) is 0 Å². The molecule has 6 rings (SSSR count). The standard InChI is InChI=1S/C24H19F3N6O/c1-28-16-9-18(24(25,26)27)19-11-32(21(34)33(19)10-16)17-5-3-4-15(8-17)23(12-22(13-23)6-7-22)20-30-29-14-31(20)2/h3-5,8-11,14H,6-7,12-13H2,2H3. The first-order valence-electron chi connectivity index (χ1n) is 10.8. The van der Waals surface area contributed by atoms with Crippen LogP contribution in [0, 0.1) is 12.0 Å². The van der Waals surface area contributed by atoms with E-state index in [2.05, 4.69) is 15.0 Å². The predicted octanol–water partition coefficient (Wildman–Crippen LogP) is 4.65. The molecule has 2 saturated carbocycles. The SMILES string of the molecule is [C-]#[N+]c1cc(C(F)(F)F)c2cn(-c3cccc(C4(c5nncn5C)CC5(CC5)C4)c3)c(=O)n2c1. The number of rotatable bonds is 3. The quantitative estimate of drug-likeness (QED) is 0.415.